The van der Waals surface area contributed by atoms with Gasteiger partial charge in [-0.25, -0.2) is 4.39 Å². The summed E-state index contributed by atoms with van der Waals surface area (Å²) in [6.07, 6.45) is 0.640. The molecule has 0 amide bonds. The minimum atomic E-state index is -0.487. The molecule has 0 atom stereocenters. The van der Waals surface area contributed by atoms with Gasteiger partial charge in [0.25, 0.3) is 0 Å². The molecule has 0 heterocycles. The molecule has 0 aliphatic heterocycles. The largest absolute Gasteiger partial charge is 0.207 e. The quantitative estimate of drug-likeness (QED) is 0.640. The van der Waals surface area contributed by atoms with Crippen molar-refractivity contribution in [1.82, 2.24) is 0 Å². The zero-order valence-corrected chi connectivity index (χ0v) is 13.0. The van der Waals surface area contributed by atoms with Crippen LogP contribution in [0.4, 0.5) is 4.39 Å². The molecule has 4 heteroatoms. The van der Waals surface area contributed by atoms with E-state index >= 15 is 0 Å². The first-order valence-corrected chi connectivity index (χ1v) is 7.67. The van der Waals surface area contributed by atoms with Crippen LogP contribution in [0.15, 0.2) is 48.5 Å². The number of hydrogen-bond donors (Lipinski definition) is 0. The van der Waals surface area contributed by atoms with Crippen molar-refractivity contribution in [2.75, 3.05) is 11.8 Å². The van der Waals surface area contributed by atoms with Crippen LogP contribution in [-0.4, -0.2) is 11.8 Å². The van der Waals surface area contributed by atoms with Crippen molar-refractivity contribution in [3.63, 3.8) is 0 Å². The van der Waals surface area contributed by atoms with Gasteiger partial charge in [-0.3, -0.25) is 0 Å². The van der Waals surface area contributed by atoms with E-state index in [2.05, 4.69) is 0 Å². The van der Waals surface area contributed by atoms with Gasteiger partial charge in [-0.05, 0) is 41.8 Å². The Hall–Kier alpha value is -0.760. The van der Waals surface area contributed by atoms with Gasteiger partial charge < -0.3 is 0 Å². The monoisotopic (exact) mass is 330 g/mol. The number of benzene rings is 2. The molecule has 0 fully saturated rings. The zero-order valence-electron chi connectivity index (χ0n) is 10.8. The Bertz CT molecular complexity index is 562. The third-order valence-corrected chi connectivity index (χ3v) is 4.68. The molecule has 0 nitrogen and oxygen atoms in total. The standard InChI is InChI=1S/C16H14Cl3F/c17-10-16(11-18,13-2-1-3-15(20)8-13)9-12-4-6-14(19)7-5-12/h1-8H,9-11H2. The Morgan fingerprint density at radius 1 is 0.950 bits per heavy atom. The summed E-state index contributed by atoms with van der Waals surface area (Å²) < 4.78 is 13.5. The van der Waals surface area contributed by atoms with Gasteiger partial charge in [-0.1, -0.05) is 35.9 Å². The maximum Gasteiger partial charge on any atom is 0.123 e. The van der Waals surface area contributed by atoms with Crippen LogP contribution in [0.2, 0.25) is 5.02 Å². The molecule has 0 spiro atoms. The van der Waals surface area contributed by atoms with Crippen LogP contribution < -0.4 is 0 Å². The molecule has 2 aromatic rings. The molecule has 0 saturated carbocycles. The summed E-state index contributed by atoms with van der Waals surface area (Å²) in [7, 11) is 0. The lowest BCUT2D eigenvalue weighted by atomic mass is 9.78. The van der Waals surface area contributed by atoms with Crippen molar-refractivity contribution in [3.8, 4) is 0 Å². The molecule has 106 valence electrons. The highest BCUT2D eigenvalue weighted by atomic mass is 35.5. The predicted octanol–water partition coefficient (Wildman–Crippen LogP) is 5.44. The van der Waals surface area contributed by atoms with E-state index in [-0.39, 0.29) is 5.82 Å². The fourth-order valence-electron chi connectivity index (χ4n) is 2.20. The Morgan fingerprint density at radius 3 is 2.15 bits per heavy atom. The van der Waals surface area contributed by atoms with Crippen molar-refractivity contribution in [1.29, 1.82) is 0 Å². The van der Waals surface area contributed by atoms with Crippen molar-refractivity contribution in [3.05, 3.63) is 70.5 Å². The highest BCUT2D eigenvalue weighted by Crippen LogP contribution is 2.32. The van der Waals surface area contributed by atoms with Crippen molar-refractivity contribution in [2.45, 2.75) is 11.8 Å². The van der Waals surface area contributed by atoms with Crippen LogP contribution in [0.25, 0.3) is 0 Å². The summed E-state index contributed by atoms with van der Waals surface area (Å²) in [5, 5.41) is 0.682. The zero-order chi connectivity index (χ0) is 14.6. The summed E-state index contributed by atoms with van der Waals surface area (Å²) >= 11 is 18.2. The third kappa shape index (κ3) is 3.46. The number of alkyl halides is 2. The molecule has 0 aliphatic rings. The molecule has 0 bridgehead atoms. The van der Waals surface area contributed by atoms with Crippen LogP contribution >= 0.6 is 34.8 Å². The maximum absolute atomic E-state index is 13.5. The van der Waals surface area contributed by atoms with Crippen molar-refractivity contribution >= 4 is 34.8 Å². The third-order valence-electron chi connectivity index (χ3n) is 3.40. The van der Waals surface area contributed by atoms with E-state index in [9.17, 15) is 4.39 Å². The maximum atomic E-state index is 13.5. The van der Waals surface area contributed by atoms with Crippen LogP contribution in [0.1, 0.15) is 11.1 Å². The fraction of sp³-hybridized carbons (Fsp3) is 0.250. The lowest BCUT2D eigenvalue weighted by Crippen LogP contribution is -2.33. The first-order valence-electron chi connectivity index (χ1n) is 6.22. The average Bonchev–Trinajstić information content (AvgIpc) is 2.47. The van der Waals surface area contributed by atoms with E-state index in [1.807, 2.05) is 30.3 Å². The van der Waals surface area contributed by atoms with E-state index in [0.717, 1.165) is 11.1 Å². The van der Waals surface area contributed by atoms with E-state index in [4.69, 9.17) is 34.8 Å². The van der Waals surface area contributed by atoms with Gasteiger partial charge in [0.05, 0.1) is 0 Å². The molecule has 0 saturated heterocycles. The van der Waals surface area contributed by atoms with Gasteiger partial charge >= 0.3 is 0 Å². The molecule has 0 aliphatic carbocycles. The van der Waals surface area contributed by atoms with Gasteiger partial charge in [0.15, 0.2) is 0 Å². The topological polar surface area (TPSA) is 0 Å². The SMILES string of the molecule is Fc1cccc(C(CCl)(CCl)Cc2ccc(Cl)cc2)c1. The number of hydrogen-bond acceptors (Lipinski definition) is 0. The predicted molar refractivity (Wildman–Crippen MR) is 84.7 cm³/mol. The summed E-state index contributed by atoms with van der Waals surface area (Å²) in [6.45, 7) is 0. The van der Waals surface area contributed by atoms with Gasteiger partial charge in [-0.2, -0.15) is 0 Å². The average molecular weight is 332 g/mol. The minimum absolute atomic E-state index is 0.279. The molecule has 20 heavy (non-hydrogen) atoms. The fourth-order valence-corrected chi connectivity index (χ4v) is 3.11. The molecule has 0 unspecified atom stereocenters. The van der Waals surface area contributed by atoms with E-state index in [1.165, 1.54) is 12.1 Å². The van der Waals surface area contributed by atoms with E-state index < -0.39 is 5.41 Å². The Balaban J connectivity index is 2.36. The van der Waals surface area contributed by atoms with Crippen LogP contribution in [0, 0.1) is 5.82 Å². The van der Waals surface area contributed by atoms with Crippen LogP contribution in [0.5, 0.6) is 0 Å². The van der Waals surface area contributed by atoms with Gasteiger partial charge in [-0.15, -0.1) is 23.2 Å². The van der Waals surface area contributed by atoms with Gasteiger partial charge in [0, 0.05) is 22.2 Å². The van der Waals surface area contributed by atoms with Crippen molar-refractivity contribution in [2.24, 2.45) is 0 Å². The van der Waals surface area contributed by atoms with Gasteiger partial charge in [0.1, 0.15) is 5.82 Å². The lowest BCUT2D eigenvalue weighted by molar-refractivity contribution is 0.528. The molecule has 2 rings (SSSR count). The molecule has 0 radical (unpaired) electrons. The van der Waals surface area contributed by atoms with Crippen LogP contribution in [-0.2, 0) is 11.8 Å². The highest BCUT2D eigenvalue weighted by Gasteiger charge is 2.31. The normalized spacial score (nSPS) is 11.6. The summed E-state index contributed by atoms with van der Waals surface area (Å²) in [5.41, 5.74) is 1.40. The van der Waals surface area contributed by atoms with Crippen LogP contribution in [0.3, 0.4) is 0 Å². The molecule has 2 aromatic carbocycles. The summed E-state index contributed by atoms with van der Waals surface area (Å²) in [5.74, 6) is 0.365. The Labute approximate surface area is 133 Å². The molecule has 0 aromatic heterocycles. The lowest BCUT2D eigenvalue weighted by Gasteiger charge is -2.30. The first kappa shape index (κ1) is 15.6. The molecular formula is C16H14Cl3F. The van der Waals surface area contributed by atoms with E-state index in [1.54, 1.807) is 6.07 Å². The second kappa shape index (κ2) is 6.80. The summed E-state index contributed by atoms with van der Waals surface area (Å²) in [6, 6.07) is 14.0. The first-order chi connectivity index (χ1) is 9.59. The Morgan fingerprint density at radius 2 is 1.60 bits per heavy atom. The number of halogens is 4. The molecule has 0 N–H and O–H groups in total. The Kier molecular flexibility index (Phi) is 5.31. The number of rotatable bonds is 5. The highest BCUT2D eigenvalue weighted by molar-refractivity contribution is 6.30. The minimum Gasteiger partial charge on any atom is -0.207 e. The smallest absolute Gasteiger partial charge is 0.123 e. The van der Waals surface area contributed by atoms with Gasteiger partial charge in [0.2, 0.25) is 0 Å². The second-order valence-corrected chi connectivity index (χ2v) is 5.83. The van der Waals surface area contributed by atoms with Crippen molar-refractivity contribution < 1.29 is 4.39 Å². The summed E-state index contributed by atoms with van der Waals surface area (Å²) in [4.78, 5) is 0. The molecular weight excluding hydrogens is 318 g/mol. The van der Waals surface area contributed by atoms with E-state index in [0.29, 0.717) is 23.2 Å². The second-order valence-electron chi connectivity index (χ2n) is 4.86.